The van der Waals surface area contributed by atoms with E-state index in [4.69, 9.17) is 23.2 Å². The van der Waals surface area contributed by atoms with E-state index >= 15 is 0 Å². The van der Waals surface area contributed by atoms with Crippen LogP contribution in [0.25, 0.3) is 0 Å². The highest BCUT2D eigenvalue weighted by Gasteiger charge is 2.30. The van der Waals surface area contributed by atoms with Gasteiger partial charge in [0.2, 0.25) is 11.8 Å². The number of thioether (sulfide) groups is 1. The zero-order valence-electron chi connectivity index (χ0n) is 20.1. The molecule has 0 spiro atoms. The summed E-state index contributed by atoms with van der Waals surface area (Å²) < 4.78 is 14.6. The molecule has 0 fully saturated rings. The van der Waals surface area contributed by atoms with Crippen molar-refractivity contribution in [3.05, 3.63) is 105 Å². The Balaban J connectivity index is 1.86. The first-order valence-corrected chi connectivity index (χ1v) is 13.7. The molecule has 1 N–H and O–H groups in total. The van der Waals surface area contributed by atoms with Crippen LogP contribution in [0.3, 0.4) is 0 Å². The van der Waals surface area contributed by atoms with Gasteiger partial charge in [-0.3, -0.25) is 9.59 Å². The van der Waals surface area contributed by atoms with Crippen LogP contribution in [-0.4, -0.2) is 35.1 Å². The first kappa shape index (κ1) is 28.0. The Bertz CT molecular complexity index is 1140. The van der Waals surface area contributed by atoms with Gasteiger partial charge in [-0.1, -0.05) is 84.7 Å². The van der Waals surface area contributed by atoms with Gasteiger partial charge in [0.25, 0.3) is 0 Å². The van der Waals surface area contributed by atoms with Crippen molar-refractivity contribution in [2.75, 3.05) is 12.3 Å². The summed E-state index contributed by atoms with van der Waals surface area (Å²) in [5, 5.41) is 3.98. The molecule has 3 aromatic carbocycles. The first-order chi connectivity index (χ1) is 17.4. The molecule has 1 unspecified atom stereocenters. The average Bonchev–Trinajstić information content (AvgIpc) is 2.88. The van der Waals surface area contributed by atoms with Gasteiger partial charge in [0.1, 0.15) is 11.9 Å². The summed E-state index contributed by atoms with van der Waals surface area (Å²) in [5.74, 6) is -0.423. The minimum atomic E-state index is -0.796. The molecule has 0 saturated heterocycles. The molecule has 190 valence electrons. The van der Waals surface area contributed by atoms with E-state index in [9.17, 15) is 14.0 Å². The van der Waals surface area contributed by atoms with Crippen molar-refractivity contribution in [1.82, 2.24) is 10.2 Å². The molecule has 0 saturated carbocycles. The number of nitrogens with one attached hydrogen (secondary N) is 1. The zero-order valence-corrected chi connectivity index (χ0v) is 22.4. The molecule has 0 radical (unpaired) electrons. The van der Waals surface area contributed by atoms with Crippen LogP contribution in [0.1, 0.15) is 30.0 Å². The molecule has 2 amide bonds. The molecule has 0 aliphatic carbocycles. The standard InChI is InChI=1S/C28H29Cl2FN2O2S/c1-2-15-32-28(35)26(16-20-9-4-3-5-10-20)33(17-21-11-6-7-14-25(21)31)27(34)19-36-18-22-23(29)12-8-13-24(22)30/h3-14,26H,2,15-19H2,1H3,(H,32,35). The van der Waals surface area contributed by atoms with Crippen LogP contribution in [0.2, 0.25) is 10.0 Å². The van der Waals surface area contributed by atoms with Crippen LogP contribution in [0.15, 0.2) is 72.8 Å². The monoisotopic (exact) mass is 546 g/mol. The number of nitrogens with zero attached hydrogens (tertiary/aromatic N) is 1. The number of rotatable bonds is 12. The SMILES string of the molecule is CCCNC(=O)C(Cc1ccccc1)N(Cc1ccccc1F)C(=O)CSCc1c(Cl)cccc1Cl. The Hall–Kier alpha value is -2.54. The molecule has 0 aromatic heterocycles. The van der Waals surface area contributed by atoms with Gasteiger partial charge in [-0.15, -0.1) is 11.8 Å². The second-order valence-electron chi connectivity index (χ2n) is 8.30. The Labute approximate surface area is 226 Å². The van der Waals surface area contributed by atoms with E-state index in [0.29, 0.717) is 34.3 Å². The fourth-order valence-electron chi connectivity index (χ4n) is 3.72. The highest BCUT2D eigenvalue weighted by atomic mass is 35.5. The van der Waals surface area contributed by atoms with Gasteiger partial charge in [-0.25, -0.2) is 4.39 Å². The maximum atomic E-state index is 14.6. The topological polar surface area (TPSA) is 49.4 Å². The summed E-state index contributed by atoms with van der Waals surface area (Å²) in [5.41, 5.74) is 2.02. The second kappa shape index (κ2) is 14.3. The molecular weight excluding hydrogens is 518 g/mol. The number of halogens is 3. The van der Waals surface area contributed by atoms with Gasteiger partial charge in [0, 0.05) is 40.9 Å². The largest absolute Gasteiger partial charge is 0.354 e. The van der Waals surface area contributed by atoms with Crippen molar-refractivity contribution in [1.29, 1.82) is 0 Å². The molecule has 4 nitrogen and oxygen atoms in total. The lowest BCUT2D eigenvalue weighted by Crippen LogP contribution is -2.51. The highest BCUT2D eigenvalue weighted by Crippen LogP contribution is 2.28. The number of benzene rings is 3. The molecule has 0 heterocycles. The summed E-state index contributed by atoms with van der Waals surface area (Å²) >= 11 is 13.9. The van der Waals surface area contributed by atoms with Crippen LogP contribution in [0.5, 0.6) is 0 Å². The van der Waals surface area contributed by atoms with Crippen molar-refractivity contribution in [3.63, 3.8) is 0 Å². The Morgan fingerprint density at radius 1 is 0.972 bits per heavy atom. The first-order valence-electron chi connectivity index (χ1n) is 11.8. The van der Waals surface area contributed by atoms with Crippen molar-refractivity contribution in [2.24, 2.45) is 0 Å². The van der Waals surface area contributed by atoms with Crippen LogP contribution >= 0.6 is 35.0 Å². The minimum Gasteiger partial charge on any atom is -0.354 e. The van der Waals surface area contributed by atoms with Gasteiger partial charge in [-0.05, 0) is 35.7 Å². The van der Waals surface area contributed by atoms with Crippen molar-refractivity contribution in [2.45, 2.75) is 38.1 Å². The normalized spacial score (nSPS) is 11.7. The summed E-state index contributed by atoms with van der Waals surface area (Å²) in [4.78, 5) is 28.3. The smallest absolute Gasteiger partial charge is 0.243 e. The lowest BCUT2D eigenvalue weighted by molar-refractivity contribution is -0.139. The maximum absolute atomic E-state index is 14.6. The summed E-state index contributed by atoms with van der Waals surface area (Å²) in [6, 6.07) is 20.3. The quantitative estimate of drug-likeness (QED) is 0.281. The third-order valence-electron chi connectivity index (χ3n) is 5.65. The van der Waals surface area contributed by atoms with Crippen LogP contribution in [-0.2, 0) is 28.3 Å². The van der Waals surface area contributed by atoms with Crippen LogP contribution in [0, 0.1) is 5.82 Å². The van der Waals surface area contributed by atoms with Gasteiger partial charge in [0.15, 0.2) is 0 Å². The molecule has 0 bridgehead atoms. The minimum absolute atomic E-state index is 0.0179. The van der Waals surface area contributed by atoms with E-state index in [0.717, 1.165) is 17.5 Å². The van der Waals surface area contributed by atoms with E-state index in [1.54, 1.807) is 36.4 Å². The Morgan fingerprint density at radius 2 is 1.64 bits per heavy atom. The average molecular weight is 548 g/mol. The predicted octanol–water partition coefficient (Wildman–Crippen LogP) is 6.53. The molecule has 36 heavy (non-hydrogen) atoms. The number of hydrogen-bond acceptors (Lipinski definition) is 3. The third-order valence-corrected chi connectivity index (χ3v) is 7.30. The number of hydrogen-bond donors (Lipinski definition) is 1. The molecule has 8 heteroatoms. The van der Waals surface area contributed by atoms with Gasteiger partial charge in [0.05, 0.1) is 5.75 Å². The van der Waals surface area contributed by atoms with Crippen molar-refractivity contribution in [3.8, 4) is 0 Å². The van der Waals surface area contributed by atoms with E-state index in [1.807, 2.05) is 37.3 Å². The Morgan fingerprint density at radius 3 is 2.31 bits per heavy atom. The molecule has 1 atom stereocenters. The predicted molar refractivity (Wildman–Crippen MR) is 147 cm³/mol. The lowest BCUT2D eigenvalue weighted by Gasteiger charge is -2.31. The number of carbonyl (C=O) groups is 2. The maximum Gasteiger partial charge on any atom is 0.243 e. The fraction of sp³-hybridized carbons (Fsp3) is 0.286. The number of carbonyl (C=O) groups excluding carboxylic acids is 2. The highest BCUT2D eigenvalue weighted by molar-refractivity contribution is 7.99. The fourth-order valence-corrected chi connectivity index (χ4v) is 5.37. The van der Waals surface area contributed by atoms with Crippen molar-refractivity contribution >= 4 is 46.8 Å². The van der Waals surface area contributed by atoms with Gasteiger partial charge < -0.3 is 10.2 Å². The van der Waals surface area contributed by atoms with Crippen LogP contribution in [0.4, 0.5) is 4.39 Å². The van der Waals surface area contributed by atoms with Crippen molar-refractivity contribution < 1.29 is 14.0 Å². The van der Waals surface area contributed by atoms with Gasteiger partial charge >= 0.3 is 0 Å². The van der Waals surface area contributed by atoms with Gasteiger partial charge in [-0.2, -0.15) is 0 Å². The van der Waals surface area contributed by atoms with E-state index < -0.39 is 11.9 Å². The second-order valence-corrected chi connectivity index (χ2v) is 10.1. The number of amides is 2. The molecule has 3 aromatic rings. The Kier molecular flexibility index (Phi) is 11.1. The molecule has 3 rings (SSSR count). The van der Waals surface area contributed by atoms with E-state index in [-0.39, 0.29) is 24.1 Å². The molecule has 0 aliphatic rings. The van der Waals surface area contributed by atoms with E-state index in [1.165, 1.54) is 22.7 Å². The van der Waals surface area contributed by atoms with E-state index in [2.05, 4.69) is 5.32 Å². The molecular formula is C28H29Cl2FN2O2S. The van der Waals surface area contributed by atoms with Crippen LogP contribution < -0.4 is 5.32 Å². The summed E-state index contributed by atoms with van der Waals surface area (Å²) in [6.45, 7) is 2.44. The summed E-state index contributed by atoms with van der Waals surface area (Å²) in [6.07, 6.45) is 1.08. The molecule has 0 aliphatic heterocycles. The summed E-state index contributed by atoms with van der Waals surface area (Å²) in [7, 11) is 0. The lowest BCUT2D eigenvalue weighted by atomic mass is 10.0. The third kappa shape index (κ3) is 7.99. The zero-order chi connectivity index (χ0) is 25.9.